The van der Waals surface area contributed by atoms with Crippen LogP contribution in [0.1, 0.15) is 36.3 Å². The molecule has 0 bridgehead atoms. The van der Waals surface area contributed by atoms with Crippen molar-refractivity contribution in [3.63, 3.8) is 0 Å². The van der Waals surface area contributed by atoms with Gasteiger partial charge in [-0.25, -0.2) is 0 Å². The first-order chi connectivity index (χ1) is 10.3. The maximum Gasteiger partial charge on any atom is 0.130 e. The Morgan fingerprint density at radius 1 is 1.19 bits per heavy atom. The first-order valence-electron chi connectivity index (χ1n) is 7.75. The molecule has 0 aliphatic heterocycles. The van der Waals surface area contributed by atoms with Crippen molar-refractivity contribution in [3.8, 4) is 0 Å². The number of hydrogen-bond acceptors (Lipinski definition) is 5. The third-order valence-corrected chi connectivity index (χ3v) is 3.48. The van der Waals surface area contributed by atoms with Crippen molar-refractivity contribution in [1.29, 1.82) is 0 Å². The first kappa shape index (κ1) is 16.5. The lowest BCUT2D eigenvalue weighted by Crippen LogP contribution is -2.15. The quantitative estimate of drug-likeness (QED) is 0.600. The Labute approximate surface area is 126 Å². The fourth-order valence-electron chi connectivity index (χ4n) is 2.07. The van der Waals surface area contributed by atoms with Gasteiger partial charge in [0, 0.05) is 38.5 Å². The topological polar surface area (TPSA) is 52.9 Å². The van der Waals surface area contributed by atoms with Gasteiger partial charge in [0.2, 0.25) is 0 Å². The van der Waals surface area contributed by atoms with Crippen LogP contribution in [0.15, 0.2) is 10.5 Å². The Balaban J connectivity index is 1.54. The van der Waals surface area contributed by atoms with Crippen LogP contribution in [0.2, 0.25) is 0 Å². The molecule has 5 heteroatoms. The van der Waals surface area contributed by atoms with E-state index in [1.807, 2.05) is 6.92 Å². The predicted molar refractivity (Wildman–Crippen MR) is 80.3 cm³/mol. The zero-order valence-electron chi connectivity index (χ0n) is 13.2. The average Bonchev–Trinajstić information content (AvgIpc) is 3.23. The van der Waals surface area contributed by atoms with Crippen LogP contribution in [0.3, 0.4) is 0 Å². The Morgan fingerprint density at radius 3 is 2.76 bits per heavy atom. The van der Waals surface area contributed by atoms with E-state index in [1.165, 1.54) is 18.4 Å². The van der Waals surface area contributed by atoms with Gasteiger partial charge in [0.25, 0.3) is 0 Å². The molecule has 1 aromatic heterocycles. The minimum atomic E-state index is 0.506. The molecule has 1 aromatic rings. The van der Waals surface area contributed by atoms with Gasteiger partial charge >= 0.3 is 0 Å². The van der Waals surface area contributed by atoms with E-state index >= 15 is 0 Å². The number of ether oxygens (including phenoxy) is 3. The molecule has 0 saturated heterocycles. The van der Waals surface area contributed by atoms with Crippen LogP contribution in [0.5, 0.6) is 0 Å². The largest absolute Gasteiger partial charge is 0.464 e. The monoisotopic (exact) mass is 297 g/mol. The predicted octanol–water partition coefficient (Wildman–Crippen LogP) is 2.41. The molecule has 1 fully saturated rings. The van der Waals surface area contributed by atoms with Gasteiger partial charge < -0.3 is 23.9 Å². The number of aryl methyl sites for hydroxylation is 1. The highest BCUT2D eigenvalue weighted by molar-refractivity contribution is 5.20. The molecular formula is C16H27NO4. The molecule has 0 amide bonds. The van der Waals surface area contributed by atoms with Crippen LogP contribution in [0.25, 0.3) is 0 Å². The summed E-state index contributed by atoms with van der Waals surface area (Å²) in [4.78, 5) is 0. The molecule has 0 spiro atoms. The zero-order valence-corrected chi connectivity index (χ0v) is 13.2. The molecule has 2 rings (SSSR count). The van der Waals surface area contributed by atoms with Crippen molar-refractivity contribution in [2.45, 2.75) is 45.4 Å². The molecule has 0 atom stereocenters. The number of methoxy groups -OCH3 is 1. The minimum absolute atomic E-state index is 0.506. The molecule has 120 valence electrons. The van der Waals surface area contributed by atoms with Crippen molar-refractivity contribution in [3.05, 3.63) is 23.2 Å². The standard InChI is InChI=1S/C16H27NO4/c1-13-14(11-17-15-4-5-15)10-16(21-13)12-20-9-8-19-7-3-6-18-2/h10,15,17H,3-9,11-12H2,1-2H3. The molecule has 5 nitrogen and oxygen atoms in total. The van der Waals surface area contributed by atoms with Crippen molar-refractivity contribution < 1.29 is 18.6 Å². The van der Waals surface area contributed by atoms with Crippen LogP contribution < -0.4 is 5.32 Å². The Bertz CT molecular complexity index is 401. The second-order valence-corrected chi connectivity index (χ2v) is 5.46. The van der Waals surface area contributed by atoms with Gasteiger partial charge in [-0.3, -0.25) is 0 Å². The van der Waals surface area contributed by atoms with Crippen molar-refractivity contribution in [2.75, 3.05) is 33.5 Å². The molecule has 0 unspecified atom stereocenters. The van der Waals surface area contributed by atoms with E-state index in [0.717, 1.165) is 31.1 Å². The summed E-state index contributed by atoms with van der Waals surface area (Å²) in [5, 5.41) is 3.50. The molecule has 1 aliphatic rings. The van der Waals surface area contributed by atoms with E-state index in [1.54, 1.807) is 7.11 Å². The summed E-state index contributed by atoms with van der Waals surface area (Å²) in [6.45, 7) is 6.06. The highest BCUT2D eigenvalue weighted by Crippen LogP contribution is 2.21. The van der Waals surface area contributed by atoms with Crippen LogP contribution in [-0.2, 0) is 27.4 Å². The number of hydrogen-bond donors (Lipinski definition) is 1. The normalized spacial score (nSPS) is 14.8. The van der Waals surface area contributed by atoms with Gasteiger partial charge in [-0.15, -0.1) is 0 Å². The van der Waals surface area contributed by atoms with Crippen molar-refractivity contribution in [1.82, 2.24) is 5.32 Å². The fourth-order valence-corrected chi connectivity index (χ4v) is 2.07. The summed E-state index contributed by atoms with van der Waals surface area (Å²) in [7, 11) is 1.70. The highest BCUT2D eigenvalue weighted by atomic mass is 16.5. The summed E-state index contributed by atoms with van der Waals surface area (Å²) in [6.07, 6.45) is 3.53. The van der Waals surface area contributed by atoms with Crippen LogP contribution in [0, 0.1) is 6.92 Å². The molecular weight excluding hydrogens is 270 g/mol. The highest BCUT2D eigenvalue weighted by Gasteiger charge is 2.20. The summed E-state index contributed by atoms with van der Waals surface area (Å²) in [6, 6.07) is 2.80. The van der Waals surface area contributed by atoms with E-state index in [2.05, 4.69) is 11.4 Å². The van der Waals surface area contributed by atoms with Crippen LogP contribution >= 0.6 is 0 Å². The molecule has 21 heavy (non-hydrogen) atoms. The zero-order chi connectivity index (χ0) is 14.9. The lowest BCUT2D eigenvalue weighted by atomic mass is 10.2. The lowest BCUT2D eigenvalue weighted by molar-refractivity contribution is 0.0285. The van der Waals surface area contributed by atoms with Crippen molar-refractivity contribution >= 4 is 0 Å². The minimum Gasteiger partial charge on any atom is -0.464 e. The van der Waals surface area contributed by atoms with Gasteiger partial charge in [-0.1, -0.05) is 0 Å². The van der Waals surface area contributed by atoms with E-state index in [-0.39, 0.29) is 0 Å². The van der Waals surface area contributed by atoms with Gasteiger partial charge in [0.1, 0.15) is 18.1 Å². The lowest BCUT2D eigenvalue weighted by Gasteiger charge is -2.04. The van der Waals surface area contributed by atoms with Gasteiger partial charge in [-0.2, -0.15) is 0 Å². The smallest absolute Gasteiger partial charge is 0.130 e. The van der Waals surface area contributed by atoms with Gasteiger partial charge in [0.15, 0.2) is 0 Å². The SMILES string of the molecule is COCCCOCCOCc1cc(CNC2CC2)c(C)o1. The summed E-state index contributed by atoms with van der Waals surface area (Å²) in [5.74, 6) is 1.87. The second-order valence-electron chi connectivity index (χ2n) is 5.46. The Morgan fingerprint density at radius 2 is 2.00 bits per heavy atom. The maximum atomic E-state index is 5.70. The molecule has 1 N–H and O–H groups in total. The molecule has 1 heterocycles. The molecule has 0 radical (unpaired) electrons. The van der Waals surface area contributed by atoms with Gasteiger partial charge in [0.05, 0.1) is 13.2 Å². The first-order valence-corrected chi connectivity index (χ1v) is 7.75. The fraction of sp³-hybridized carbons (Fsp3) is 0.750. The Hall–Kier alpha value is -0.880. The molecule has 0 aromatic carbocycles. The molecule has 1 saturated carbocycles. The maximum absolute atomic E-state index is 5.70. The summed E-state index contributed by atoms with van der Waals surface area (Å²) >= 11 is 0. The summed E-state index contributed by atoms with van der Waals surface area (Å²) < 4.78 is 21.6. The second kappa shape index (κ2) is 9.20. The number of rotatable bonds is 12. The van der Waals surface area contributed by atoms with Crippen molar-refractivity contribution in [2.24, 2.45) is 0 Å². The van der Waals surface area contributed by atoms with Gasteiger partial charge in [-0.05, 0) is 32.3 Å². The van der Waals surface area contributed by atoms with E-state index in [4.69, 9.17) is 18.6 Å². The van der Waals surface area contributed by atoms with Crippen LogP contribution in [-0.4, -0.2) is 39.6 Å². The van der Waals surface area contributed by atoms with E-state index in [9.17, 15) is 0 Å². The molecule has 1 aliphatic carbocycles. The van der Waals surface area contributed by atoms with Crippen LogP contribution in [0.4, 0.5) is 0 Å². The average molecular weight is 297 g/mol. The summed E-state index contributed by atoms with van der Waals surface area (Å²) in [5.41, 5.74) is 1.23. The third kappa shape index (κ3) is 6.61. The number of nitrogens with one attached hydrogen (secondary N) is 1. The third-order valence-electron chi connectivity index (χ3n) is 3.48. The number of furan rings is 1. The Kier molecular flexibility index (Phi) is 7.23. The van der Waals surface area contributed by atoms with E-state index in [0.29, 0.717) is 32.5 Å². The van der Waals surface area contributed by atoms with E-state index < -0.39 is 0 Å².